The molecular weight excluding hydrogens is 431 g/mol. The van der Waals surface area contributed by atoms with E-state index < -0.39 is 11.7 Å². The molecule has 0 spiro atoms. The molecule has 2 amide bonds. The standard InChI is InChI=1S/C27H25FN4O2/c1-18-12-13-21(19(2)16-18)25-23(17-32(31-25)20-8-4-3-5-9-20)27(34)30-15-14-29-26(33)22-10-6-7-11-24(22)28/h3-13,16-17H,14-15H2,1-2H3,(H,29,33)(H,30,34). The van der Waals surface area contributed by atoms with E-state index in [1.165, 1.54) is 18.2 Å². The Morgan fingerprint density at radius 1 is 0.853 bits per heavy atom. The fourth-order valence-electron chi connectivity index (χ4n) is 3.72. The maximum Gasteiger partial charge on any atom is 0.255 e. The molecule has 4 rings (SSSR count). The number of aryl methyl sites for hydroxylation is 2. The number of benzene rings is 3. The average Bonchev–Trinajstić information content (AvgIpc) is 3.28. The highest BCUT2D eigenvalue weighted by Gasteiger charge is 2.20. The molecule has 0 atom stereocenters. The average molecular weight is 457 g/mol. The van der Waals surface area contributed by atoms with Crippen LogP contribution in [0.1, 0.15) is 31.8 Å². The molecule has 0 saturated heterocycles. The first-order valence-corrected chi connectivity index (χ1v) is 11.0. The van der Waals surface area contributed by atoms with Gasteiger partial charge >= 0.3 is 0 Å². The number of para-hydroxylation sites is 1. The minimum Gasteiger partial charge on any atom is -0.350 e. The summed E-state index contributed by atoms with van der Waals surface area (Å²) in [7, 11) is 0. The van der Waals surface area contributed by atoms with Gasteiger partial charge in [0.2, 0.25) is 0 Å². The van der Waals surface area contributed by atoms with E-state index in [1.807, 2.05) is 56.3 Å². The van der Waals surface area contributed by atoms with Crippen molar-refractivity contribution in [3.05, 3.63) is 107 Å². The van der Waals surface area contributed by atoms with E-state index in [0.717, 1.165) is 22.4 Å². The summed E-state index contributed by atoms with van der Waals surface area (Å²) in [6, 6.07) is 21.3. The lowest BCUT2D eigenvalue weighted by atomic mass is 10.0. The number of hydrogen-bond acceptors (Lipinski definition) is 3. The Morgan fingerprint density at radius 2 is 1.50 bits per heavy atom. The number of carbonyl (C=O) groups excluding carboxylic acids is 2. The van der Waals surface area contributed by atoms with Gasteiger partial charge in [-0.25, -0.2) is 9.07 Å². The molecule has 34 heavy (non-hydrogen) atoms. The van der Waals surface area contributed by atoms with Gasteiger partial charge in [-0.3, -0.25) is 9.59 Å². The molecule has 0 saturated carbocycles. The molecule has 0 aliphatic rings. The van der Waals surface area contributed by atoms with E-state index >= 15 is 0 Å². The summed E-state index contributed by atoms with van der Waals surface area (Å²) in [4.78, 5) is 25.3. The van der Waals surface area contributed by atoms with Crippen LogP contribution in [0.5, 0.6) is 0 Å². The monoisotopic (exact) mass is 456 g/mol. The highest BCUT2D eigenvalue weighted by Crippen LogP contribution is 2.27. The Bertz CT molecular complexity index is 1330. The quantitative estimate of drug-likeness (QED) is 0.403. The van der Waals surface area contributed by atoms with E-state index in [0.29, 0.717) is 11.3 Å². The molecule has 6 nitrogen and oxygen atoms in total. The molecule has 0 aliphatic carbocycles. The minimum absolute atomic E-state index is 0.0323. The molecule has 0 unspecified atom stereocenters. The molecule has 1 aromatic heterocycles. The minimum atomic E-state index is -0.588. The summed E-state index contributed by atoms with van der Waals surface area (Å²) in [6.07, 6.45) is 1.71. The maximum absolute atomic E-state index is 13.8. The zero-order valence-electron chi connectivity index (χ0n) is 19.0. The second-order valence-corrected chi connectivity index (χ2v) is 7.98. The number of nitrogens with zero attached hydrogens (tertiary/aromatic N) is 2. The van der Waals surface area contributed by atoms with Crippen LogP contribution in [0.25, 0.3) is 16.9 Å². The van der Waals surface area contributed by atoms with Gasteiger partial charge in [0, 0.05) is 24.8 Å². The summed E-state index contributed by atoms with van der Waals surface area (Å²) in [5.41, 5.74) is 4.83. The van der Waals surface area contributed by atoms with Crippen LogP contribution in [0.4, 0.5) is 4.39 Å². The fourth-order valence-corrected chi connectivity index (χ4v) is 3.72. The van der Waals surface area contributed by atoms with Crippen molar-refractivity contribution in [2.75, 3.05) is 13.1 Å². The number of carbonyl (C=O) groups is 2. The zero-order valence-corrected chi connectivity index (χ0v) is 19.0. The van der Waals surface area contributed by atoms with E-state index in [2.05, 4.69) is 16.7 Å². The predicted octanol–water partition coefficient (Wildman–Crippen LogP) is 4.46. The van der Waals surface area contributed by atoms with Gasteiger partial charge in [0.15, 0.2) is 0 Å². The molecule has 4 aromatic rings. The van der Waals surface area contributed by atoms with Crippen molar-refractivity contribution in [3.63, 3.8) is 0 Å². The van der Waals surface area contributed by atoms with E-state index in [1.54, 1.807) is 16.9 Å². The smallest absolute Gasteiger partial charge is 0.255 e. The van der Waals surface area contributed by atoms with Gasteiger partial charge < -0.3 is 10.6 Å². The third kappa shape index (κ3) is 5.04. The number of rotatable bonds is 7. The van der Waals surface area contributed by atoms with Gasteiger partial charge in [-0.2, -0.15) is 5.10 Å². The molecule has 0 bridgehead atoms. The second kappa shape index (κ2) is 10.1. The SMILES string of the molecule is Cc1ccc(-c2nn(-c3ccccc3)cc2C(=O)NCCNC(=O)c2ccccc2F)c(C)c1. The molecule has 0 radical (unpaired) electrons. The van der Waals surface area contributed by atoms with Gasteiger partial charge in [-0.15, -0.1) is 0 Å². The number of halogens is 1. The van der Waals surface area contributed by atoms with E-state index in [4.69, 9.17) is 5.10 Å². The fraction of sp³-hybridized carbons (Fsp3) is 0.148. The van der Waals surface area contributed by atoms with Crippen LogP contribution in [0, 0.1) is 19.7 Å². The van der Waals surface area contributed by atoms with E-state index in [-0.39, 0.29) is 24.6 Å². The van der Waals surface area contributed by atoms with Crippen molar-refractivity contribution in [3.8, 4) is 16.9 Å². The topological polar surface area (TPSA) is 76.0 Å². The Labute approximate surface area is 197 Å². The van der Waals surface area contributed by atoms with Crippen LogP contribution in [-0.2, 0) is 0 Å². The van der Waals surface area contributed by atoms with Gasteiger partial charge in [-0.1, -0.05) is 54.1 Å². The largest absolute Gasteiger partial charge is 0.350 e. The van der Waals surface area contributed by atoms with Crippen molar-refractivity contribution in [1.29, 1.82) is 0 Å². The zero-order chi connectivity index (χ0) is 24.1. The highest BCUT2D eigenvalue weighted by atomic mass is 19.1. The Morgan fingerprint density at radius 3 is 2.18 bits per heavy atom. The van der Waals surface area contributed by atoms with Gasteiger partial charge in [0.05, 0.1) is 16.8 Å². The van der Waals surface area contributed by atoms with Crippen LogP contribution in [0.2, 0.25) is 0 Å². The molecule has 0 aliphatic heterocycles. The van der Waals surface area contributed by atoms with Crippen LogP contribution in [0.3, 0.4) is 0 Å². The van der Waals surface area contributed by atoms with Gasteiger partial charge in [0.1, 0.15) is 11.5 Å². The maximum atomic E-state index is 13.8. The Balaban J connectivity index is 1.51. The van der Waals surface area contributed by atoms with E-state index in [9.17, 15) is 14.0 Å². The lowest BCUT2D eigenvalue weighted by molar-refractivity contribution is 0.0925. The van der Waals surface area contributed by atoms with Crippen molar-refractivity contribution >= 4 is 11.8 Å². The summed E-state index contributed by atoms with van der Waals surface area (Å²) in [5, 5.41) is 10.2. The first-order chi connectivity index (χ1) is 16.4. The van der Waals surface area contributed by atoms with Crippen molar-refractivity contribution < 1.29 is 14.0 Å². The summed E-state index contributed by atoms with van der Waals surface area (Å²) in [5.74, 6) is -1.42. The van der Waals surface area contributed by atoms with Crippen LogP contribution in [0.15, 0.2) is 79.0 Å². The Hall–Kier alpha value is -4.26. The normalized spacial score (nSPS) is 10.7. The molecule has 7 heteroatoms. The molecular formula is C27H25FN4O2. The molecule has 3 aromatic carbocycles. The first-order valence-electron chi connectivity index (χ1n) is 11.0. The van der Waals surface area contributed by atoms with Gasteiger partial charge in [0.25, 0.3) is 11.8 Å². The molecule has 2 N–H and O–H groups in total. The lowest BCUT2D eigenvalue weighted by Gasteiger charge is -2.09. The van der Waals surface area contributed by atoms with Gasteiger partial charge in [-0.05, 0) is 43.7 Å². The number of nitrogens with one attached hydrogen (secondary N) is 2. The number of amides is 2. The molecule has 0 fully saturated rings. The third-order valence-corrected chi connectivity index (χ3v) is 5.43. The predicted molar refractivity (Wildman–Crippen MR) is 130 cm³/mol. The van der Waals surface area contributed by atoms with Crippen molar-refractivity contribution in [2.45, 2.75) is 13.8 Å². The molecule has 172 valence electrons. The number of hydrogen-bond donors (Lipinski definition) is 2. The molecule has 1 heterocycles. The summed E-state index contributed by atoms with van der Waals surface area (Å²) >= 11 is 0. The van der Waals surface area contributed by atoms with Crippen LogP contribution >= 0.6 is 0 Å². The Kier molecular flexibility index (Phi) is 6.82. The number of aromatic nitrogens is 2. The lowest BCUT2D eigenvalue weighted by Crippen LogP contribution is -2.35. The van der Waals surface area contributed by atoms with Crippen molar-refractivity contribution in [1.82, 2.24) is 20.4 Å². The second-order valence-electron chi connectivity index (χ2n) is 7.98. The third-order valence-electron chi connectivity index (χ3n) is 5.43. The summed E-state index contributed by atoms with van der Waals surface area (Å²) < 4.78 is 15.4. The summed E-state index contributed by atoms with van der Waals surface area (Å²) in [6.45, 7) is 4.35. The van der Waals surface area contributed by atoms with Crippen molar-refractivity contribution in [2.24, 2.45) is 0 Å². The highest BCUT2D eigenvalue weighted by molar-refractivity contribution is 6.00. The first kappa shape index (κ1) is 22.9. The van der Waals surface area contributed by atoms with Crippen LogP contribution < -0.4 is 10.6 Å². The van der Waals surface area contributed by atoms with Crippen LogP contribution in [-0.4, -0.2) is 34.7 Å².